The van der Waals surface area contributed by atoms with Gasteiger partial charge in [0.15, 0.2) is 6.29 Å². The van der Waals surface area contributed by atoms with Gasteiger partial charge in [-0.1, -0.05) is 32.1 Å². The zero-order chi connectivity index (χ0) is 11.4. The Bertz CT molecular complexity index is 353. The zero-order valence-electron chi connectivity index (χ0n) is 9.87. The summed E-state index contributed by atoms with van der Waals surface area (Å²) >= 11 is 1.69. The standard InChI is InChI=1S/C13H19NOS/c1-10-12(9-15)14-13(16-10)8-7-11-5-3-2-4-6-11/h9,11H,2-8H2,1H3. The van der Waals surface area contributed by atoms with Crippen LogP contribution in [0, 0.1) is 12.8 Å². The van der Waals surface area contributed by atoms with E-state index < -0.39 is 0 Å². The van der Waals surface area contributed by atoms with E-state index in [0.717, 1.165) is 28.5 Å². The first-order chi connectivity index (χ1) is 7.79. The van der Waals surface area contributed by atoms with Gasteiger partial charge in [0.05, 0.1) is 5.01 Å². The molecule has 0 bridgehead atoms. The van der Waals surface area contributed by atoms with E-state index in [1.165, 1.54) is 38.5 Å². The topological polar surface area (TPSA) is 30.0 Å². The minimum Gasteiger partial charge on any atom is -0.296 e. The van der Waals surface area contributed by atoms with Gasteiger partial charge in [-0.05, 0) is 25.7 Å². The highest BCUT2D eigenvalue weighted by molar-refractivity contribution is 7.11. The lowest BCUT2D eigenvalue weighted by molar-refractivity contribution is 0.111. The van der Waals surface area contributed by atoms with Crippen molar-refractivity contribution in [2.45, 2.75) is 51.9 Å². The molecule has 0 amide bonds. The molecule has 2 nitrogen and oxygen atoms in total. The number of thiazole rings is 1. The lowest BCUT2D eigenvalue weighted by Crippen LogP contribution is -2.07. The fourth-order valence-corrected chi connectivity index (χ4v) is 3.40. The van der Waals surface area contributed by atoms with Crippen molar-refractivity contribution in [1.82, 2.24) is 4.98 Å². The molecule has 1 fully saturated rings. The van der Waals surface area contributed by atoms with E-state index in [1.807, 2.05) is 6.92 Å². The Hall–Kier alpha value is -0.700. The molecule has 1 aliphatic carbocycles. The molecule has 1 heterocycles. The molecular weight excluding hydrogens is 218 g/mol. The highest BCUT2D eigenvalue weighted by atomic mass is 32.1. The molecule has 1 aromatic heterocycles. The number of hydrogen-bond acceptors (Lipinski definition) is 3. The van der Waals surface area contributed by atoms with E-state index in [1.54, 1.807) is 11.3 Å². The minimum atomic E-state index is 0.642. The second-order valence-corrected chi connectivity index (χ2v) is 6.00. The third-order valence-corrected chi connectivity index (χ3v) is 4.53. The molecule has 1 saturated carbocycles. The molecular formula is C13H19NOS. The van der Waals surface area contributed by atoms with Crippen molar-refractivity contribution >= 4 is 17.6 Å². The van der Waals surface area contributed by atoms with Crippen LogP contribution in [0.2, 0.25) is 0 Å². The Morgan fingerprint density at radius 2 is 2.12 bits per heavy atom. The molecule has 88 valence electrons. The number of hydrogen-bond donors (Lipinski definition) is 0. The lowest BCUT2D eigenvalue weighted by Gasteiger charge is -2.20. The summed E-state index contributed by atoms with van der Waals surface area (Å²) < 4.78 is 0. The van der Waals surface area contributed by atoms with Gasteiger partial charge in [0, 0.05) is 4.88 Å². The summed E-state index contributed by atoms with van der Waals surface area (Å²) in [6, 6.07) is 0. The maximum Gasteiger partial charge on any atom is 0.169 e. The Kier molecular flexibility index (Phi) is 4.10. The quantitative estimate of drug-likeness (QED) is 0.746. The van der Waals surface area contributed by atoms with Gasteiger partial charge in [0.25, 0.3) is 0 Å². The van der Waals surface area contributed by atoms with Crippen LogP contribution in [-0.2, 0) is 6.42 Å². The van der Waals surface area contributed by atoms with E-state index in [4.69, 9.17) is 0 Å². The third-order valence-electron chi connectivity index (χ3n) is 3.48. The van der Waals surface area contributed by atoms with E-state index in [-0.39, 0.29) is 0 Å². The predicted molar refractivity (Wildman–Crippen MR) is 67.1 cm³/mol. The Balaban J connectivity index is 1.86. The van der Waals surface area contributed by atoms with Crippen molar-refractivity contribution in [3.8, 4) is 0 Å². The monoisotopic (exact) mass is 237 g/mol. The summed E-state index contributed by atoms with van der Waals surface area (Å²) in [4.78, 5) is 16.1. The largest absolute Gasteiger partial charge is 0.296 e. The van der Waals surface area contributed by atoms with Crippen molar-refractivity contribution in [2.24, 2.45) is 5.92 Å². The second-order valence-electron chi connectivity index (χ2n) is 4.71. The van der Waals surface area contributed by atoms with Crippen LogP contribution in [-0.4, -0.2) is 11.3 Å². The van der Waals surface area contributed by atoms with Crippen LogP contribution in [0.4, 0.5) is 0 Å². The van der Waals surface area contributed by atoms with Crippen LogP contribution in [0.15, 0.2) is 0 Å². The van der Waals surface area contributed by atoms with Crippen LogP contribution in [0.3, 0.4) is 0 Å². The van der Waals surface area contributed by atoms with Crippen molar-refractivity contribution in [3.63, 3.8) is 0 Å². The van der Waals surface area contributed by atoms with Gasteiger partial charge >= 0.3 is 0 Å². The van der Waals surface area contributed by atoms with Gasteiger partial charge in [-0.25, -0.2) is 4.98 Å². The number of nitrogens with zero attached hydrogens (tertiary/aromatic N) is 1. The van der Waals surface area contributed by atoms with Gasteiger partial charge in [-0.2, -0.15) is 0 Å². The first-order valence-electron chi connectivity index (χ1n) is 6.21. The molecule has 3 heteroatoms. The zero-order valence-corrected chi connectivity index (χ0v) is 10.7. The maximum atomic E-state index is 10.7. The van der Waals surface area contributed by atoms with Crippen LogP contribution in [0.25, 0.3) is 0 Å². The van der Waals surface area contributed by atoms with E-state index in [0.29, 0.717) is 5.69 Å². The highest BCUT2D eigenvalue weighted by Gasteiger charge is 2.14. The number of aryl methyl sites for hydroxylation is 2. The molecule has 0 N–H and O–H groups in total. The summed E-state index contributed by atoms with van der Waals surface area (Å²) in [5.74, 6) is 0.901. The number of carbonyl (C=O) groups is 1. The molecule has 0 saturated heterocycles. The van der Waals surface area contributed by atoms with Gasteiger partial charge in [-0.3, -0.25) is 4.79 Å². The van der Waals surface area contributed by atoms with Gasteiger partial charge in [0.1, 0.15) is 5.69 Å². The van der Waals surface area contributed by atoms with Crippen molar-refractivity contribution in [3.05, 3.63) is 15.6 Å². The Morgan fingerprint density at radius 1 is 1.38 bits per heavy atom. The van der Waals surface area contributed by atoms with Gasteiger partial charge < -0.3 is 0 Å². The van der Waals surface area contributed by atoms with Crippen LogP contribution in [0.1, 0.15) is 58.9 Å². The second kappa shape index (κ2) is 5.58. The average molecular weight is 237 g/mol. The normalized spacial score (nSPS) is 17.6. The minimum absolute atomic E-state index is 0.642. The Morgan fingerprint density at radius 3 is 2.75 bits per heavy atom. The molecule has 0 spiro atoms. The van der Waals surface area contributed by atoms with E-state index in [2.05, 4.69) is 4.98 Å². The van der Waals surface area contributed by atoms with Crippen LogP contribution in [0.5, 0.6) is 0 Å². The summed E-state index contributed by atoms with van der Waals surface area (Å²) in [5.41, 5.74) is 0.642. The van der Waals surface area contributed by atoms with Crippen LogP contribution < -0.4 is 0 Å². The SMILES string of the molecule is Cc1sc(CCC2CCCCC2)nc1C=O. The summed E-state index contributed by atoms with van der Waals surface area (Å²) in [6.45, 7) is 1.98. The van der Waals surface area contributed by atoms with Gasteiger partial charge in [0.2, 0.25) is 0 Å². The smallest absolute Gasteiger partial charge is 0.169 e. The number of aromatic nitrogens is 1. The fourth-order valence-electron chi connectivity index (χ4n) is 2.48. The molecule has 0 atom stereocenters. The lowest BCUT2D eigenvalue weighted by atomic mass is 9.86. The molecule has 1 aromatic rings. The predicted octanol–water partition coefficient (Wildman–Crippen LogP) is 3.78. The molecule has 0 radical (unpaired) electrons. The number of rotatable bonds is 4. The summed E-state index contributed by atoms with van der Waals surface area (Å²) in [5, 5.41) is 1.14. The molecule has 0 unspecified atom stereocenters. The number of aldehydes is 1. The summed E-state index contributed by atoms with van der Waals surface area (Å²) in [7, 11) is 0. The molecule has 0 aliphatic heterocycles. The molecule has 2 rings (SSSR count). The fraction of sp³-hybridized carbons (Fsp3) is 0.692. The molecule has 16 heavy (non-hydrogen) atoms. The average Bonchev–Trinajstić information content (AvgIpc) is 2.69. The highest BCUT2D eigenvalue weighted by Crippen LogP contribution is 2.28. The van der Waals surface area contributed by atoms with E-state index in [9.17, 15) is 4.79 Å². The van der Waals surface area contributed by atoms with Crippen molar-refractivity contribution < 1.29 is 4.79 Å². The Labute approximate surface area is 101 Å². The van der Waals surface area contributed by atoms with Crippen LogP contribution >= 0.6 is 11.3 Å². The third kappa shape index (κ3) is 2.91. The number of carbonyl (C=O) groups excluding carboxylic acids is 1. The maximum absolute atomic E-state index is 10.7. The molecule has 1 aliphatic rings. The summed E-state index contributed by atoms with van der Waals surface area (Å²) in [6.07, 6.45) is 10.2. The van der Waals surface area contributed by atoms with E-state index >= 15 is 0 Å². The van der Waals surface area contributed by atoms with Crippen molar-refractivity contribution in [2.75, 3.05) is 0 Å². The molecule has 0 aromatic carbocycles. The van der Waals surface area contributed by atoms with Crippen molar-refractivity contribution in [1.29, 1.82) is 0 Å². The first-order valence-corrected chi connectivity index (χ1v) is 7.02. The van der Waals surface area contributed by atoms with Gasteiger partial charge in [-0.15, -0.1) is 11.3 Å². The first kappa shape index (κ1) is 11.8.